The third-order valence-electron chi connectivity index (χ3n) is 5.49. The van der Waals surface area contributed by atoms with Crippen LogP contribution in [-0.4, -0.2) is 16.1 Å². The van der Waals surface area contributed by atoms with E-state index in [9.17, 15) is 14.4 Å². The van der Waals surface area contributed by atoms with Crippen molar-refractivity contribution >= 4 is 27.5 Å². The van der Waals surface area contributed by atoms with Crippen molar-refractivity contribution < 1.29 is 14.4 Å². The van der Waals surface area contributed by atoms with Crippen LogP contribution >= 0.6 is 11.3 Å². The van der Waals surface area contributed by atoms with E-state index in [1.54, 1.807) is 30.4 Å². The van der Waals surface area contributed by atoms with Gasteiger partial charge < -0.3 is 0 Å². The second kappa shape index (κ2) is 6.45. The second-order valence-electron chi connectivity index (χ2n) is 6.89. The Hall–Kier alpha value is -2.31. The lowest BCUT2D eigenvalue weighted by Gasteiger charge is -2.29. The van der Waals surface area contributed by atoms with Gasteiger partial charge in [0, 0.05) is 5.92 Å². The van der Waals surface area contributed by atoms with Gasteiger partial charge in [-0.05, 0) is 55.5 Å². The summed E-state index contributed by atoms with van der Waals surface area (Å²) in [7, 11) is 0. The van der Waals surface area contributed by atoms with Gasteiger partial charge in [-0.3, -0.25) is 10.0 Å². The molecular formula is C20H19FN2O2S. The Balaban J connectivity index is 1.75. The highest BCUT2D eigenvalue weighted by Crippen LogP contribution is 2.50. The molecule has 6 heteroatoms. The number of amides is 1. The summed E-state index contributed by atoms with van der Waals surface area (Å²) < 4.78 is 15.2. The summed E-state index contributed by atoms with van der Waals surface area (Å²) in [6, 6.07) is 12.8. The third kappa shape index (κ3) is 2.61. The molecule has 0 aliphatic heterocycles. The Morgan fingerprint density at radius 3 is 2.88 bits per heavy atom. The predicted molar refractivity (Wildman–Crippen MR) is 99.0 cm³/mol. The van der Waals surface area contributed by atoms with Gasteiger partial charge >= 0.3 is 0 Å². The molecule has 3 aromatic rings. The number of nitrogens with zero attached hydrogens (tertiary/aromatic N) is 1. The van der Waals surface area contributed by atoms with E-state index in [1.807, 2.05) is 29.7 Å². The maximum atomic E-state index is 14.1. The molecule has 0 spiro atoms. The molecule has 0 saturated heterocycles. The molecule has 2 aromatic carbocycles. The van der Waals surface area contributed by atoms with Gasteiger partial charge in [0.05, 0.1) is 20.6 Å². The van der Waals surface area contributed by atoms with Crippen LogP contribution in [0.3, 0.4) is 0 Å². The van der Waals surface area contributed by atoms with Crippen LogP contribution in [0.5, 0.6) is 0 Å². The average molecular weight is 370 g/mol. The standard InChI is InChI=1S/C20H19FN2O2S/c1-12-14(5-4-6-15(12)21)20(19(24)23-25)10-9-13(11-20)18-22-16-7-2-3-8-17(16)26-18/h2-8,13,25H,9-11H2,1H3,(H,23,24). The Kier molecular flexibility index (Phi) is 4.25. The first-order valence-corrected chi connectivity index (χ1v) is 9.42. The number of hydrogen-bond acceptors (Lipinski definition) is 4. The first-order chi connectivity index (χ1) is 12.5. The normalized spacial score (nSPS) is 22.7. The van der Waals surface area contributed by atoms with Gasteiger partial charge in [-0.25, -0.2) is 14.9 Å². The highest BCUT2D eigenvalue weighted by molar-refractivity contribution is 7.18. The van der Waals surface area contributed by atoms with Crippen LogP contribution < -0.4 is 5.48 Å². The number of thiazole rings is 1. The van der Waals surface area contributed by atoms with Gasteiger partial charge in [-0.2, -0.15) is 0 Å². The van der Waals surface area contributed by atoms with Crippen LogP contribution in [0, 0.1) is 12.7 Å². The Labute approximate surface area is 154 Å². The van der Waals surface area contributed by atoms with Gasteiger partial charge in [-0.1, -0.05) is 24.3 Å². The molecule has 2 unspecified atom stereocenters. The number of halogens is 1. The van der Waals surface area contributed by atoms with Gasteiger partial charge in [0.15, 0.2) is 0 Å². The van der Waals surface area contributed by atoms with Crippen molar-refractivity contribution in [3.8, 4) is 0 Å². The fourth-order valence-electron chi connectivity index (χ4n) is 4.13. The number of rotatable bonds is 3. The molecule has 2 N–H and O–H groups in total. The van der Waals surface area contributed by atoms with Crippen molar-refractivity contribution in [1.29, 1.82) is 0 Å². The lowest BCUT2D eigenvalue weighted by molar-refractivity contribution is -0.135. The largest absolute Gasteiger partial charge is 0.289 e. The van der Waals surface area contributed by atoms with Crippen molar-refractivity contribution in [2.75, 3.05) is 0 Å². The number of hydroxylamine groups is 1. The van der Waals surface area contributed by atoms with Crippen LogP contribution in [0.2, 0.25) is 0 Å². The molecule has 1 heterocycles. The quantitative estimate of drug-likeness (QED) is 0.529. The van der Waals surface area contributed by atoms with E-state index in [0.29, 0.717) is 24.0 Å². The van der Waals surface area contributed by atoms with Gasteiger partial charge in [0.1, 0.15) is 5.82 Å². The minimum Gasteiger partial charge on any atom is -0.289 e. The molecule has 134 valence electrons. The van der Waals surface area contributed by atoms with Gasteiger partial charge in [0.2, 0.25) is 0 Å². The monoisotopic (exact) mass is 370 g/mol. The zero-order chi connectivity index (χ0) is 18.3. The van der Waals surface area contributed by atoms with Crippen molar-refractivity contribution in [3.05, 3.63) is 64.4 Å². The molecule has 2 atom stereocenters. The Morgan fingerprint density at radius 2 is 2.12 bits per heavy atom. The number of carbonyl (C=O) groups is 1. The second-order valence-corrected chi connectivity index (χ2v) is 7.96. The minimum atomic E-state index is -0.941. The van der Waals surface area contributed by atoms with Gasteiger partial charge in [0.25, 0.3) is 5.91 Å². The van der Waals surface area contributed by atoms with Crippen molar-refractivity contribution in [3.63, 3.8) is 0 Å². The molecule has 0 bridgehead atoms. The van der Waals surface area contributed by atoms with Crippen LogP contribution in [0.15, 0.2) is 42.5 Å². The molecule has 1 aliphatic rings. The summed E-state index contributed by atoms with van der Waals surface area (Å²) in [5.74, 6) is -0.710. The summed E-state index contributed by atoms with van der Waals surface area (Å²) in [6.45, 7) is 1.68. The average Bonchev–Trinajstić information content (AvgIpc) is 3.28. The summed E-state index contributed by atoms with van der Waals surface area (Å²) in [6.07, 6.45) is 1.82. The first kappa shape index (κ1) is 17.1. The van der Waals surface area contributed by atoms with E-state index in [-0.39, 0.29) is 11.7 Å². The van der Waals surface area contributed by atoms with Gasteiger partial charge in [-0.15, -0.1) is 11.3 Å². The van der Waals surface area contributed by atoms with Crippen molar-refractivity contribution in [2.45, 2.75) is 37.5 Å². The number of carbonyl (C=O) groups excluding carboxylic acids is 1. The molecule has 0 radical (unpaired) electrons. The van der Waals surface area contributed by atoms with E-state index in [1.165, 1.54) is 6.07 Å². The van der Waals surface area contributed by atoms with Crippen LogP contribution in [0.25, 0.3) is 10.2 Å². The Bertz CT molecular complexity index is 954. The van der Waals surface area contributed by atoms with E-state index < -0.39 is 11.3 Å². The minimum absolute atomic E-state index is 0.104. The molecule has 1 aliphatic carbocycles. The van der Waals surface area contributed by atoms with Crippen LogP contribution in [0.4, 0.5) is 4.39 Å². The smallest absolute Gasteiger partial charge is 0.254 e. The number of nitrogens with one attached hydrogen (secondary N) is 1. The zero-order valence-electron chi connectivity index (χ0n) is 14.3. The number of fused-ring (bicyclic) bond motifs is 1. The summed E-state index contributed by atoms with van der Waals surface area (Å²) in [4.78, 5) is 17.4. The lowest BCUT2D eigenvalue weighted by atomic mass is 9.75. The number of hydrogen-bond donors (Lipinski definition) is 2. The molecular weight excluding hydrogens is 351 g/mol. The topological polar surface area (TPSA) is 62.2 Å². The third-order valence-corrected chi connectivity index (χ3v) is 6.69. The van der Waals surface area contributed by atoms with E-state index in [4.69, 9.17) is 4.98 Å². The molecule has 1 amide bonds. The highest BCUT2D eigenvalue weighted by Gasteiger charge is 2.48. The molecule has 26 heavy (non-hydrogen) atoms. The fraction of sp³-hybridized carbons (Fsp3) is 0.300. The SMILES string of the molecule is Cc1c(F)cccc1C1(C(=O)NO)CCC(c2nc3ccccc3s2)C1. The fourth-order valence-corrected chi connectivity index (χ4v) is 5.23. The lowest BCUT2D eigenvalue weighted by Crippen LogP contribution is -2.42. The van der Waals surface area contributed by atoms with Crippen molar-refractivity contribution in [1.82, 2.24) is 10.5 Å². The molecule has 1 fully saturated rings. The summed E-state index contributed by atoms with van der Waals surface area (Å²) in [5.41, 5.74) is 2.93. The van der Waals surface area contributed by atoms with E-state index in [0.717, 1.165) is 21.6 Å². The predicted octanol–water partition coefficient (Wildman–Crippen LogP) is 4.45. The maximum absolute atomic E-state index is 14.1. The molecule has 4 rings (SSSR count). The van der Waals surface area contributed by atoms with Crippen LogP contribution in [0.1, 0.15) is 41.3 Å². The summed E-state index contributed by atoms with van der Waals surface area (Å²) >= 11 is 1.64. The molecule has 1 aromatic heterocycles. The molecule has 4 nitrogen and oxygen atoms in total. The molecule has 1 saturated carbocycles. The van der Waals surface area contributed by atoms with E-state index in [2.05, 4.69) is 0 Å². The number of benzene rings is 2. The highest BCUT2D eigenvalue weighted by atomic mass is 32.1. The van der Waals surface area contributed by atoms with Crippen LogP contribution in [-0.2, 0) is 10.2 Å². The summed E-state index contributed by atoms with van der Waals surface area (Å²) in [5, 5.41) is 10.3. The first-order valence-electron chi connectivity index (χ1n) is 8.61. The zero-order valence-corrected chi connectivity index (χ0v) is 15.1. The number of aromatic nitrogens is 1. The Morgan fingerprint density at radius 1 is 1.31 bits per heavy atom. The number of para-hydroxylation sites is 1. The van der Waals surface area contributed by atoms with E-state index >= 15 is 0 Å². The maximum Gasteiger partial charge on any atom is 0.254 e. The van der Waals surface area contributed by atoms with Crippen molar-refractivity contribution in [2.24, 2.45) is 0 Å².